The number of thiophene rings is 1. The molecule has 0 spiro atoms. The number of aryl methyl sites for hydroxylation is 1. The van der Waals surface area contributed by atoms with Crippen molar-refractivity contribution in [3.8, 4) is 0 Å². The molecule has 1 fully saturated rings. The molecule has 29 heavy (non-hydrogen) atoms. The number of fused-ring (bicyclic) bond motifs is 3. The van der Waals surface area contributed by atoms with E-state index in [0.717, 1.165) is 32.6 Å². The molecular formula is C21H18ClN3O3S. The predicted octanol–water partition coefficient (Wildman–Crippen LogP) is 4.56. The lowest BCUT2D eigenvalue weighted by Gasteiger charge is -2.27. The van der Waals surface area contributed by atoms with Crippen molar-refractivity contribution in [2.24, 2.45) is 5.92 Å². The molecule has 8 heteroatoms. The highest BCUT2D eigenvalue weighted by Gasteiger charge is 2.45. The van der Waals surface area contributed by atoms with Gasteiger partial charge in [0.25, 0.3) is 0 Å². The second-order valence-electron chi connectivity index (χ2n) is 7.45. The molecule has 1 aliphatic carbocycles. The third kappa shape index (κ3) is 3.00. The number of carbonyl (C=O) groups excluding carboxylic acids is 2. The molecule has 2 aliphatic rings. The van der Waals surface area contributed by atoms with Gasteiger partial charge in [-0.2, -0.15) is 0 Å². The molecular weight excluding hydrogens is 410 g/mol. The summed E-state index contributed by atoms with van der Waals surface area (Å²) in [7, 11) is 0. The highest BCUT2D eigenvalue weighted by molar-refractivity contribution is 7.19. The van der Waals surface area contributed by atoms with Crippen LogP contribution in [-0.4, -0.2) is 32.9 Å². The maximum atomic E-state index is 13.3. The number of halogens is 1. The molecule has 0 unspecified atom stereocenters. The molecule has 2 amide bonds. The zero-order chi connectivity index (χ0) is 20.1. The Kier molecular flexibility index (Phi) is 4.52. The number of hydrogen-bond donors (Lipinski definition) is 0. The van der Waals surface area contributed by atoms with Gasteiger partial charge in [-0.15, -0.1) is 11.3 Å². The normalized spacial score (nSPS) is 23.9. The molecule has 0 bridgehead atoms. The van der Waals surface area contributed by atoms with Crippen LogP contribution in [0.4, 0.5) is 4.79 Å². The van der Waals surface area contributed by atoms with Gasteiger partial charge in [0, 0.05) is 10.8 Å². The molecule has 0 saturated carbocycles. The van der Waals surface area contributed by atoms with Crippen molar-refractivity contribution in [1.29, 1.82) is 0 Å². The van der Waals surface area contributed by atoms with E-state index in [1.807, 2.05) is 37.3 Å². The molecule has 148 valence electrons. The largest absolute Gasteiger partial charge is 0.439 e. The Balaban J connectivity index is 1.40. The third-order valence-electron chi connectivity index (χ3n) is 5.78. The van der Waals surface area contributed by atoms with E-state index in [4.69, 9.17) is 16.3 Å². The van der Waals surface area contributed by atoms with Crippen molar-refractivity contribution in [2.45, 2.75) is 38.3 Å². The van der Waals surface area contributed by atoms with Crippen molar-refractivity contribution in [2.75, 3.05) is 0 Å². The van der Waals surface area contributed by atoms with Gasteiger partial charge in [-0.05, 0) is 37.3 Å². The lowest BCUT2D eigenvalue weighted by atomic mass is 9.86. The van der Waals surface area contributed by atoms with Gasteiger partial charge in [-0.3, -0.25) is 4.79 Å². The van der Waals surface area contributed by atoms with Crippen LogP contribution in [-0.2, 0) is 22.4 Å². The van der Waals surface area contributed by atoms with Gasteiger partial charge in [0.1, 0.15) is 22.4 Å². The van der Waals surface area contributed by atoms with E-state index in [0.29, 0.717) is 18.0 Å². The Hall–Kier alpha value is -2.51. The molecule has 2 aromatic heterocycles. The SMILES string of the molecule is C[C@H]1[C@@H](c2ccccc2)OC(=O)N1C(=O)[C@@H]1CCc2c(sc3ncnc(Cl)c23)C1. The Morgan fingerprint density at radius 2 is 2.07 bits per heavy atom. The van der Waals surface area contributed by atoms with Crippen LogP contribution in [0.3, 0.4) is 0 Å². The Morgan fingerprint density at radius 3 is 2.86 bits per heavy atom. The third-order valence-corrected chi connectivity index (χ3v) is 7.23. The average molecular weight is 428 g/mol. The molecule has 5 rings (SSSR count). The zero-order valence-electron chi connectivity index (χ0n) is 15.7. The molecule has 1 aromatic carbocycles. The summed E-state index contributed by atoms with van der Waals surface area (Å²) < 4.78 is 5.55. The fourth-order valence-electron chi connectivity index (χ4n) is 4.32. The summed E-state index contributed by atoms with van der Waals surface area (Å²) in [5.74, 6) is -0.423. The van der Waals surface area contributed by atoms with Gasteiger partial charge in [-0.25, -0.2) is 19.7 Å². The number of imide groups is 1. The molecule has 3 aromatic rings. The topological polar surface area (TPSA) is 72.4 Å². The quantitative estimate of drug-likeness (QED) is 0.560. The molecule has 0 N–H and O–H groups in total. The number of ether oxygens (including phenoxy) is 1. The maximum Gasteiger partial charge on any atom is 0.417 e. The molecule has 3 heterocycles. The van der Waals surface area contributed by atoms with E-state index in [1.54, 1.807) is 11.3 Å². The van der Waals surface area contributed by atoms with Crippen LogP contribution >= 0.6 is 22.9 Å². The molecule has 0 radical (unpaired) electrons. The van der Waals surface area contributed by atoms with Crippen molar-refractivity contribution in [3.05, 3.63) is 57.8 Å². The van der Waals surface area contributed by atoms with Crippen LogP contribution in [0.2, 0.25) is 5.15 Å². The van der Waals surface area contributed by atoms with Gasteiger partial charge in [-0.1, -0.05) is 41.9 Å². The number of rotatable bonds is 2. The lowest BCUT2D eigenvalue weighted by molar-refractivity contribution is -0.133. The van der Waals surface area contributed by atoms with Crippen molar-refractivity contribution < 1.29 is 14.3 Å². The average Bonchev–Trinajstić information content (AvgIpc) is 3.25. The minimum absolute atomic E-state index is 0.166. The summed E-state index contributed by atoms with van der Waals surface area (Å²) in [6.07, 6.45) is 2.42. The molecule has 6 nitrogen and oxygen atoms in total. The first-order chi connectivity index (χ1) is 14.0. The minimum atomic E-state index is -0.563. The first kappa shape index (κ1) is 18.5. The number of carbonyl (C=O) groups is 2. The summed E-state index contributed by atoms with van der Waals surface area (Å²) in [5, 5.41) is 1.36. The highest BCUT2D eigenvalue weighted by atomic mass is 35.5. The van der Waals surface area contributed by atoms with E-state index in [2.05, 4.69) is 9.97 Å². The van der Waals surface area contributed by atoms with E-state index in [9.17, 15) is 9.59 Å². The number of nitrogens with zero attached hydrogens (tertiary/aromatic N) is 3. The summed E-state index contributed by atoms with van der Waals surface area (Å²) >= 11 is 7.82. The number of aromatic nitrogens is 2. The fourth-order valence-corrected chi connectivity index (χ4v) is 5.89. The van der Waals surface area contributed by atoms with Crippen molar-refractivity contribution in [3.63, 3.8) is 0 Å². The van der Waals surface area contributed by atoms with Crippen LogP contribution in [0.15, 0.2) is 36.7 Å². The number of hydrogen-bond acceptors (Lipinski definition) is 6. The predicted molar refractivity (Wildman–Crippen MR) is 110 cm³/mol. The van der Waals surface area contributed by atoms with Gasteiger partial charge < -0.3 is 4.74 Å². The number of cyclic esters (lactones) is 1. The van der Waals surface area contributed by atoms with Crippen LogP contribution in [0, 0.1) is 5.92 Å². The second-order valence-corrected chi connectivity index (χ2v) is 8.89. The van der Waals surface area contributed by atoms with E-state index in [1.165, 1.54) is 11.2 Å². The Bertz CT molecular complexity index is 1120. The first-order valence-corrected chi connectivity index (χ1v) is 10.7. The van der Waals surface area contributed by atoms with Crippen molar-refractivity contribution >= 4 is 45.2 Å². The molecule has 1 saturated heterocycles. The lowest BCUT2D eigenvalue weighted by Crippen LogP contribution is -2.43. The summed E-state index contributed by atoms with van der Waals surface area (Å²) in [4.78, 5) is 37.5. The highest BCUT2D eigenvalue weighted by Crippen LogP contribution is 2.41. The zero-order valence-corrected chi connectivity index (χ0v) is 17.2. The van der Waals surface area contributed by atoms with Crippen LogP contribution < -0.4 is 0 Å². The van der Waals surface area contributed by atoms with Gasteiger partial charge in [0.15, 0.2) is 0 Å². The molecule has 1 aliphatic heterocycles. The second kappa shape index (κ2) is 7.07. The number of amides is 2. The Labute approximate surface area is 176 Å². The smallest absolute Gasteiger partial charge is 0.417 e. The van der Waals surface area contributed by atoms with Crippen LogP contribution in [0.5, 0.6) is 0 Å². The van der Waals surface area contributed by atoms with Crippen LogP contribution in [0.25, 0.3) is 10.2 Å². The maximum absolute atomic E-state index is 13.3. The summed E-state index contributed by atoms with van der Waals surface area (Å²) in [5.41, 5.74) is 2.03. The van der Waals surface area contributed by atoms with E-state index >= 15 is 0 Å². The number of benzene rings is 1. The standard InChI is InChI=1S/C21H18ClN3O3S/c1-11-17(12-5-3-2-4-6-12)28-21(27)25(11)20(26)13-7-8-14-15(9-13)29-19-16(14)18(22)23-10-24-19/h2-6,10-11,13,17H,7-9H2,1H3/t11-,13+,17-/m0/s1. The summed E-state index contributed by atoms with van der Waals surface area (Å²) in [6, 6.07) is 9.20. The van der Waals surface area contributed by atoms with Crippen molar-refractivity contribution in [1.82, 2.24) is 14.9 Å². The molecule has 3 atom stereocenters. The minimum Gasteiger partial charge on any atom is -0.439 e. The van der Waals surface area contributed by atoms with E-state index < -0.39 is 12.2 Å². The van der Waals surface area contributed by atoms with Crippen LogP contribution in [0.1, 0.15) is 35.5 Å². The van der Waals surface area contributed by atoms with Gasteiger partial charge in [0.2, 0.25) is 5.91 Å². The fraction of sp³-hybridized carbons (Fsp3) is 0.333. The van der Waals surface area contributed by atoms with E-state index in [-0.39, 0.29) is 17.9 Å². The first-order valence-electron chi connectivity index (χ1n) is 9.54. The summed E-state index contributed by atoms with van der Waals surface area (Å²) in [6.45, 7) is 1.86. The Morgan fingerprint density at radius 1 is 1.28 bits per heavy atom. The monoisotopic (exact) mass is 427 g/mol. The van der Waals surface area contributed by atoms with Gasteiger partial charge in [0.05, 0.1) is 11.4 Å². The van der Waals surface area contributed by atoms with Gasteiger partial charge >= 0.3 is 6.09 Å².